The first-order valence-electron chi connectivity index (χ1n) is 9.05. The normalized spacial score (nSPS) is 14.9. The minimum Gasteiger partial charge on any atom is -0.494 e. The number of amides is 2. The molecule has 0 saturated carbocycles. The number of carbonyl (C=O) groups is 2. The van der Waals surface area contributed by atoms with Gasteiger partial charge in [-0.3, -0.25) is 9.59 Å². The lowest BCUT2D eigenvalue weighted by Crippen LogP contribution is -2.47. The molecule has 1 heterocycles. The van der Waals surface area contributed by atoms with Gasteiger partial charge in [0.15, 0.2) is 6.61 Å². The fourth-order valence-corrected chi connectivity index (χ4v) is 2.86. The first-order chi connectivity index (χ1) is 12.1. The molecule has 2 rings (SSSR count). The monoisotopic (exact) mass is 348 g/mol. The number of piperidine rings is 1. The molecule has 1 aromatic carbocycles. The van der Waals surface area contributed by atoms with Crippen LogP contribution in [-0.4, -0.2) is 49.1 Å². The van der Waals surface area contributed by atoms with Gasteiger partial charge >= 0.3 is 0 Å². The van der Waals surface area contributed by atoms with Crippen LogP contribution in [0.5, 0.6) is 11.5 Å². The topological polar surface area (TPSA) is 67.9 Å². The summed E-state index contributed by atoms with van der Waals surface area (Å²) < 4.78 is 10.9. The lowest BCUT2D eigenvalue weighted by Gasteiger charge is -2.32. The van der Waals surface area contributed by atoms with Crippen molar-refractivity contribution < 1.29 is 19.1 Å². The second-order valence-electron chi connectivity index (χ2n) is 6.17. The summed E-state index contributed by atoms with van der Waals surface area (Å²) in [5, 5.41) is 2.99. The highest BCUT2D eigenvalue weighted by Gasteiger charge is 2.23. The van der Waals surface area contributed by atoms with E-state index in [0.29, 0.717) is 31.9 Å². The number of benzene rings is 1. The minimum absolute atomic E-state index is 0.0110. The lowest BCUT2D eigenvalue weighted by molar-refractivity contribution is -0.132. The average molecular weight is 348 g/mol. The predicted octanol–water partition coefficient (Wildman–Crippen LogP) is 2.37. The first kappa shape index (κ1) is 19.1. The standard InChI is InChI=1S/C19H28N2O4/c1-3-5-19(23)21-12-10-15(11-13-21)20-18(22)14-25-17-8-6-16(7-9-17)24-4-2/h6-9,15H,3-5,10-14H2,1-2H3,(H,20,22). The summed E-state index contributed by atoms with van der Waals surface area (Å²) in [6.07, 6.45) is 3.07. The highest BCUT2D eigenvalue weighted by atomic mass is 16.5. The summed E-state index contributed by atoms with van der Waals surface area (Å²) >= 11 is 0. The Morgan fingerprint density at radius 3 is 2.24 bits per heavy atom. The van der Waals surface area contributed by atoms with Gasteiger partial charge < -0.3 is 19.7 Å². The van der Waals surface area contributed by atoms with Crippen LogP contribution in [0.3, 0.4) is 0 Å². The Bertz CT molecular complexity index is 551. The highest BCUT2D eigenvalue weighted by Crippen LogP contribution is 2.17. The number of nitrogens with one attached hydrogen (secondary N) is 1. The van der Waals surface area contributed by atoms with E-state index in [1.165, 1.54) is 0 Å². The van der Waals surface area contributed by atoms with Crippen molar-refractivity contribution in [3.63, 3.8) is 0 Å². The molecule has 25 heavy (non-hydrogen) atoms. The SMILES string of the molecule is CCCC(=O)N1CCC(NC(=O)COc2ccc(OCC)cc2)CC1. The van der Waals surface area contributed by atoms with Gasteiger partial charge in [-0.25, -0.2) is 0 Å². The molecule has 0 aliphatic carbocycles. The number of likely N-dealkylation sites (tertiary alicyclic amines) is 1. The lowest BCUT2D eigenvalue weighted by atomic mass is 10.0. The van der Waals surface area contributed by atoms with Gasteiger partial charge in [0.25, 0.3) is 5.91 Å². The van der Waals surface area contributed by atoms with Gasteiger partial charge in [0.1, 0.15) is 11.5 Å². The maximum atomic E-state index is 12.0. The highest BCUT2D eigenvalue weighted by molar-refractivity contribution is 5.78. The van der Waals surface area contributed by atoms with Gasteiger partial charge in [-0.1, -0.05) is 6.92 Å². The molecule has 0 atom stereocenters. The van der Waals surface area contributed by atoms with Crippen molar-refractivity contribution >= 4 is 11.8 Å². The zero-order valence-corrected chi connectivity index (χ0v) is 15.1. The maximum absolute atomic E-state index is 12.0. The van der Waals surface area contributed by atoms with Crippen molar-refractivity contribution in [3.05, 3.63) is 24.3 Å². The zero-order chi connectivity index (χ0) is 18.1. The van der Waals surface area contributed by atoms with Gasteiger partial charge in [0.2, 0.25) is 5.91 Å². The van der Waals surface area contributed by atoms with Crippen molar-refractivity contribution in [2.45, 2.75) is 45.6 Å². The fraction of sp³-hybridized carbons (Fsp3) is 0.579. The Morgan fingerprint density at radius 2 is 1.68 bits per heavy atom. The van der Waals surface area contributed by atoms with E-state index in [2.05, 4.69) is 5.32 Å². The Hall–Kier alpha value is -2.24. The Kier molecular flexibility index (Phi) is 7.57. The summed E-state index contributed by atoms with van der Waals surface area (Å²) in [4.78, 5) is 25.8. The molecule has 2 amide bonds. The molecule has 0 radical (unpaired) electrons. The van der Waals surface area contributed by atoms with Crippen LogP contribution >= 0.6 is 0 Å². The van der Waals surface area contributed by atoms with Crippen LogP contribution in [0.4, 0.5) is 0 Å². The summed E-state index contributed by atoms with van der Waals surface area (Å²) in [6, 6.07) is 7.33. The van der Waals surface area contributed by atoms with Crippen molar-refractivity contribution in [2.75, 3.05) is 26.3 Å². The second kappa shape index (κ2) is 9.91. The third kappa shape index (κ3) is 6.29. The molecule has 0 unspecified atom stereocenters. The van der Waals surface area contributed by atoms with Crippen LogP contribution < -0.4 is 14.8 Å². The maximum Gasteiger partial charge on any atom is 0.258 e. The van der Waals surface area contributed by atoms with Crippen LogP contribution in [0.15, 0.2) is 24.3 Å². The Labute approximate surface area is 149 Å². The molecule has 0 bridgehead atoms. The van der Waals surface area contributed by atoms with Crippen LogP contribution in [-0.2, 0) is 9.59 Å². The van der Waals surface area contributed by atoms with Crippen molar-refractivity contribution in [1.29, 1.82) is 0 Å². The largest absolute Gasteiger partial charge is 0.494 e. The fourth-order valence-electron chi connectivity index (χ4n) is 2.86. The molecule has 1 aliphatic heterocycles. The van der Waals surface area contributed by atoms with Crippen molar-refractivity contribution in [3.8, 4) is 11.5 Å². The molecule has 138 valence electrons. The van der Waals surface area contributed by atoms with E-state index in [1.807, 2.05) is 30.9 Å². The average Bonchev–Trinajstić information content (AvgIpc) is 2.62. The number of hydrogen-bond donors (Lipinski definition) is 1. The molecule has 1 aliphatic rings. The molecular weight excluding hydrogens is 320 g/mol. The van der Waals surface area contributed by atoms with E-state index < -0.39 is 0 Å². The predicted molar refractivity (Wildman–Crippen MR) is 95.8 cm³/mol. The van der Waals surface area contributed by atoms with Crippen molar-refractivity contribution in [1.82, 2.24) is 10.2 Å². The van der Waals surface area contributed by atoms with E-state index in [1.54, 1.807) is 12.1 Å². The van der Waals surface area contributed by atoms with E-state index in [4.69, 9.17) is 9.47 Å². The molecular formula is C19H28N2O4. The zero-order valence-electron chi connectivity index (χ0n) is 15.1. The number of hydrogen-bond acceptors (Lipinski definition) is 4. The minimum atomic E-state index is -0.132. The molecule has 6 heteroatoms. The number of carbonyl (C=O) groups excluding carboxylic acids is 2. The summed E-state index contributed by atoms with van der Waals surface area (Å²) in [5.41, 5.74) is 0. The van der Waals surface area contributed by atoms with Gasteiger partial charge in [-0.2, -0.15) is 0 Å². The van der Waals surface area contributed by atoms with Crippen LogP contribution in [0.25, 0.3) is 0 Å². The van der Waals surface area contributed by atoms with E-state index in [0.717, 1.165) is 25.0 Å². The molecule has 0 aromatic heterocycles. The number of rotatable bonds is 8. The Morgan fingerprint density at radius 1 is 1.08 bits per heavy atom. The van der Waals surface area contributed by atoms with Crippen molar-refractivity contribution in [2.24, 2.45) is 0 Å². The van der Waals surface area contributed by atoms with Gasteiger partial charge in [0, 0.05) is 25.6 Å². The molecule has 6 nitrogen and oxygen atoms in total. The first-order valence-corrected chi connectivity index (χ1v) is 9.05. The van der Waals surface area contributed by atoms with Crippen LogP contribution in [0.2, 0.25) is 0 Å². The third-order valence-corrected chi connectivity index (χ3v) is 4.18. The number of nitrogens with zero attached hydrogens (tertiary/aromatic N) is 1. The number of ether oxygens (including phenoxy) is 2. The summed E-state index contributed by atoms with van der Waals surface area (Å²) in [5.74, 6) is 1.50. The Balaban J connectivity index is 1.68. The van der Waals surface area contributed by atoms with E-state index in [-0.39, 0.29) is 24.5 Å². The molecule has 0 spiro atoms. The van der Waals surface area contributed by atoms with Crippen LogP contribution in [0, 0.1) is 0 Å². The van der Waals surface area contributed by atoms with Gasteiger partial charge in [-0.15, -0.1) is 0 Å². The summed E-state index contributed by atoms with van der Waals surface area (Å²) in [6.45, 7) is 5.97. The third-order valence-electron chi connectivity index (χ3n) is 4.18. The van der Waals surface area contributed by atoms with Gasteiger partial charge in [0.05, 0.1) is 6.61 Å². The van der Waals surface area contributed by atoms with Gasteiger partial charge in [-0.05, 0) is 50.5 Å². The molecule has 1 fully saturated rings. The molecule has 1 saturated heterocycles. The quantitative estimate of drug-likeness (QED) is 0.783. The van der Waals surface area contributed by atoms with E-state index >= 15 is 0 Å². The smallest absolute Gasteiger partial charge is 0.258 e. The van der Waals surface area contributed by atoms with E-state index in [9.17, 15) is 9.59 Å². The van der Waals surface area contributed by atoms with Crippen LogP contribution in [0.1, 0.15) is 39.5 Å². The molecule has 1 N–H and O–H groups in total. The molecule has 1 aromatic rings. The second-order valence-corrected chi connectivity index (χ2v) is 6.17. The summed E-state index contributed by atoms with van der Waals surface area (Å²) in [7, 11) is 0.